The van der Waals surface area contributed by atoms with Crippen molar-refractivity contribution in [1.29, 1.82) is 0 Å². The molecule has 1 heterocycles. The number of esters is 1. The lowest BCUT2D eigenvalue weighted by Gasteiger charge is -2.28. The Kier molecular flexibility index (Phi) is 3.60. The Morgan fingerprint density at radius 2 is 2.05 bits per heavy atom. The van der Waals surface area contributed by atoms with Crippen LogP contribution >= 0.6 is 0 Å². The molecule has 0 aromatic heterocycles. The standard InChI is InChI=1S/C15H19NO3/c1-9(2)13(15(18)19-4)16-8-12-10(3)6-5-7-11(12)14(16)17/h5-7,9,13H,8H2,1-4H3. The van der Waals surface area contributed by atoms with Gasteiger partial charge in [-0.15, -0.1) is 0 Å². The number of benzene rings is 1. The summed E-state index contributed by atoms with van der Waals surface area (Å²) in [5.74, 6) is -0.414. The third-order valence-electron chi connectivity index (χ3n) is 3.64. The Bertz CT molecular complexity index is 522. The average molecular weight is 261 g/mol. The maximum atomic E-state index is 12.4. The van der Waals surface area contributed by atoms with Gasteiger partial charge in [0.05, 0.1) is 7.11 Å². The van der Waals surface area contributed by atoms with E-state index in [0.717, 1.165) is 11.1 Å². The van der Waals surface area contributed by atoms with Crippen molar-refractivity contribution in [3.63, 3.8) is 0 Å². The summed E-state index contributed by atoms with van der Waals surface area (Å²) in [6, 6.07) is 5.15. The summed E-state index contributed by atoms with van der Waals surface area (Å²) in [6.07, 6.45) is 0. The molecule has 0 spiro atoms. The molecule has 1 unspecified atom stereocenters. The first kappa shape index (κ1) is 13.6. The Morgan fingerprint density at radius 1 is 1.37 bits per heavy atom. The summed E-state index contributed by atoms with van der Waals surface area (Å²) in [7, 11) is 1.36. The lowest BCUT2D eigenvalue weighted by molar-refractivity contribution is -0.147. The second-order valence-electron chi connectivity index (χ2n) is 5.25. The van der Waals surface area contributed by atoms with Gasteiger partial charge in [-0.2, -0.15) is 0 Å². The van der Waals surface area contributed by atoms with Crippen molar-refractivity contribution in [2.24, 2.45) is 5.92 Å². The van der Waals surface area contributed by atoms with Crippen LogP contribution in [0, 0.1) is 12.8 Å². The van der Waals surface area contributed by atoms with E-state index in [2.05, 4.69) is 0 Å². The van der Waals surface area contributed by atoms with Crippen LogP contribution in [0.4, 0.5) is 0 Å². The van der Waals surface area contributed by atoms with Gasteiger partial charge in [0, 0.05) is 12.1 Å². The van der Waals surface area contributed by atoms with Gasteiger partial charge < -0.3 is 9.64 Å². The summed E-state index contributed by atoms with van der Waals surface area (Å²) in [5.41, 5.74) is 2.80. The van der Waals surface area contributed by atoms with Crippen LogP contribution in [0.15, 0.2) is 18.2 Å². The molecule has 0 aliphatic carbocycles. The molecule has 19 heavy (non-hydrogen) atoms. The number of ether oxygens (including phenoxy) is 1. The highest BCUT2D eigenvalue weighted by Crippen LogP contribution is 2.29. The van der Waals surface area contributed by atoms with E-state index in [0.29, 0.717) is 12.1 Å². The van der Waals surface area contributed by atoms with Crippen LogP contribution in [-0.4, -0.2) is 29.9 Å². The molecule has 1 aliphatic rings. The molecular weight excluding hydrogens is 242 g/mol. The first-order valence-electron chi connectivity index (χ1n) is 6.44. The van der Waals surface area contributed by atoms with Crippen molar-refractivity contribution in [3.8, 4) is 0 Å². The van der Waals surface area contributed by atoms with Gasteiger partial charge in [0.1, 0.15) is 6.04 Å². The average Bonchev–Trinajstić information content (AvgIpc) is 2.69. The number of methoxy groups -OCH3 is 1. The normalized spacial score (nSPS) is 15.6. The number of hydrogen-bond donors (Lipinski definition) is 0. The van der Waals surface area contributed by atoms with Crippen LogP contribution in [0.3, 0.4) is 0 Å². The van der Waals surface area contributed by atoms with Crippen LogP contribution in [0.1, 0.15) is 35.3 Å². The molecule has 1 aliphatic heterocycles. The van der Waals surface area contributed by atoms with E-state index in [-0.39, 0.29) is 17.8 Å². The monoisotopic (exact) mass is 261 g/mol. The largest absolute Gasteiger partial charge is 0.467 e. The number of fused-ring (bicyclic) bond motifs is 1. The number of amides is 1. The minimum atomic E-state index is -0.524. The summed E-state index contributed by atoms with van der Waals surface area (Å²) in [5, 5.41) is 0. The second kappa shape index (κ2) is 5.03. The number of carbonyl (C=O) groups excluding carboxylic acids is 2. The Hall–Kier alpha value is -1.84. The summed E-state index contributed by atoms with van der Waals surface area (Å²) in [6.45, 7) is 6.31. The minimum Gasteiger partial charge on any atom is -0.467 e. The van der Waals surface area contributed by atoms with Gasteiger partial charge in [0.2, 0.25) is 0 Å². The van der Waals surface area contributed by atoms with E-state index in [1.165, 1.54) is 7.11 Å². The quantitative estimate of drug-likeness (QED) is 0.783. The minimum absolute atomic E-state index is 0.0195. The van der Waals surface area contributed by atoms with Crippen molar-refractivity contribution in [2.45, 2.75) is 33.4 Å². The first-order valence-corrected chi connectivity index (χ1v) is 6.44. The number of rotatable bonds is 3. The number of hydrogen-bond acceptors (Lipinski definition) is 3. The topological polar surface area (TPSA) is 46.6 Å². The summed E-state index contributed by atoms with van der Waals surface area (Å²) >= 11 is 0. The zero-order chi connectivity index (χ0) is 14.2. The van der Waals surface area contributed by atoms with Crippen LogP contribution < -0.4 is 0 Å². The molecule has 1 aromatic rings. The van der Waals surface area contributed by atoms with Gasteiger partial charge in [-0.25, -0.2) is 4.79 Å². The lowest BCUT2D eigenvalue weighted by atomic mass is 10.0. The number of nitrogens with zero attached hydrogens (tertiary/aromatic N) is 1. The molecule has 4 heteroatoms. The van der Waals surface area contributed by atoms with Gasteiger partial charge in [-0.3, -0.25) is 4.79 Å². The van der Waals surface area contributed by atoms with Crippen molar-refractivity contribution in [1.82, 2.24) is 4.90 Å². The maximum Gasteiger partial charge on any atom is 0.328 e. The third kappa shape index (κ3) is 2.23. The first-order chi connectivity index (χ1) is 8.97. The predicted octanol–water partition coefficient (Wildman–Crippen LogP) is 2.15. The van der Waals surface area contributed by atoms with E-state index < -0.39 is 6.04 Å². The van der Waals surface area contributed by atoms with Crippen molar-refractivity contribution < 1.29 is 14.3 Å². The molecule has 4 nitrogen and oxygen atoms in total. The van der Waals surface area contributed by atoms with Crippen LogP contribution in [0.5, 0.6) is 0 Å². The highest BCUT2D eigenvalue weighted by atomic mass is 16.5. The third-order valence-corrected chi connectivity index (χ3v) is 3.64. The SMILES string of the molecule is COC(=O)C(C(C)C)N1Cc2c(C)cccc2C1=O. The van der Waals surface area contributed by atoms with Gasteiger partial charge >= 0.3 is 5.97 Å². The Morgan fingerprint density at radius 3 is 2.58 bits per heavy atom. The highest BCUT2D eigenvalue weighted by Gasteiger charge is 2.38. The maximum absolute atomic E-state index is 12.4. The van der Waals surface area contributed by atoms with Gasteiger partial charge in [0.25, 0.3) is 5.91 Å². The van der Waals surface area contributed by atoms with E-state index >= 15 is 0 Å². The molecule has 1 amide bonds. The highest BCUT2D eigenvalue weighted by molar-refractivity contribution is 6.00. The molecule has 102 valence electrons. The molecule has 1 atom stereocenters. The summed E-state index contributed by atoms with van der Waals surface area (Å²) in [4.78, 5) is 26.0. The molecule has 0 fully saturated rings. The number of aryl methyl sites for hydroxylation is 1. The van der Waals surface area contributed by atoms with Gasteiger partial charge in [-0.05, 0) is 30.0 Å². The fraction of sp³-hybridized carbons (Fsp3) is 0.467. The molecule has 0 radical (unpaired) electrons. The molecule has 0 bridgehead atoms. The predicted molar refractivity (Wildman–Crippen MR) is 71.7 cm³/mol. The molecule has 1 aromatic carbocycles. The lowest BCUT2D eigenvalue weighted by Crippen LogP contribution is -2.45. The van der Waals surface area contributed by atoms with E-state index in [4.69, 9.17) is 4.74 Å². The van der Waals surface area contributed by atoms with Gasteiger partial charge in [0.15, 0.2) is 0 Å². The zero-order valence-corrected chi connectivity index (χ0v) is 11.8. The molecular formula is C15H19NO3. The number of carbonyl (C=O) groups is 2. The Balaban J connectivity index is 2.37. The Labute approximate surface area is 113 Å². The van der Waals surface area contributed by atoms with Crippen LogP contribution in [-0.2, 0) is 16.1 Å². The molecule has 0 N–H and O–H groups in total. The second-order valence-corrected chi connectivity index (χ2v) is 5.25. The van der Waals surface area contributed by atoms with Crippen molar-refractivity contribution in [3.05, 3.63) is 34.9 Å². The van der Waals surface area contributed by atoms with E-state index in [1.807, 2.05) is 39.0 Å². The van der Waals surface area contributed by atoms with E-state index in [9.17, 15) is 9.59 Å². The van der Waals surface area contributed by atoms with E-state index in [1.54, 1.807) is 4.90 Å². The smallest absolute Gasteiger partial charge is 0.328 e. The van der Waals surface area contributed by atoms with Crippen molar-refractivity contribution >= 4 is 11.9 Å². The summed E-state index contributed by atoms with van der Waals surface area (Å²) < 4.78 is 4.83. The molecule has 0 saturated carbocycles. The van der Waals surface area contributed by atoms with Crippen molar-refractivity contribution in [2.75, 3.05) is 7.11 Å². The fourth-order valence-corrected chi connectivity index (χ4v) is 2.61. The molecule has 2 rings (SSSR count). The van der Waals surface area contributed by atoms with Crippen LogP contribution in [0.2, 0.25) is 0 Å². The van der Waals surface area contributed by atoms with Crippen LogP contribution in [0.25, 0.3) is 0 Å². The fourth-order valence-electron chi connectivity index (χ4n) is 2.61. The van der Waals surface area contributed by atoms with Gasteiger partial charge in [-0.1, -0.05) is 26.0 Å². The zero-order valence-electron chi connectivity index (χ0n) is 11.8. The molecule has 0 saturated heterocycles.